The van der Waals surface area contributed by atoms with E-state index >= 15 is 0 Å². The highest BCUT2D eigenvalue weighted by atomic mass is 35.5. The second-order valence-corrected chi connectivity index (χ2v) is 3.29. The molecule has 0 aliphatic rings. The van der Waals surface area contributed by atoms with Crippen LogP contribution >= 0.6 is 11.6 Å². The maximum atomic E-state index is 12.0. The van der Waals surface area contributed by atoms with Gasteiger partial charge in [0.2, 0.25) is 0 Å². The molecule has 0 aromatic heterocycles. The van der Waals surface area contributed by atoms with Crippen molar-refractivity contribution in [3.05, 3.63) is 22.7 Å². The van der Waals surface area contributed by atoms with Crippen LogP contribution in [0.2, 0.25) is 5.02 Å². The molecule has 1 rings (SSSR count). The van der Waals surface area contributed by atoms with E-state index in [0.29, 0.717) is 0 Å². The topological polar surface area (TPSA) is 61.5 Å². The van der Waals surface area contributed by atoms with Gasteiger partial charge >= 0.3 is 12.3 Å². The van der Waals surface area contributed by atoms with Crippen LogP contribution < -0.4 is 10.5 Å². The molecule has 1 aromatic carbocycles. The number of rotatable bonds is 2. The molecule has 8 heteroatoms. The zero-order valence-corrected chi connectivity index (χ0v) is 9.22. The molecule has 1 aromatic rings. The van der Waals surface area contributed by atoms with Crippen molar-refractivity contribution in [2.75, 3.05) is 12.8 Å². The number of halogens is 4. The van der Waals surface area contributed by atoms with Gasteiger partial charge in [-0.25, -0.2) is 4.79 Å². The first-order valence-corrected chi connectivity index (χ1v) is 4.55. The maximum Gasteiger partial charge on any atom is 0.573 e. The first kappa shape index (κ1) is 13.4. The summed E-state index contributed by atoms with van der Waals surface area (Å²) in [6, 6.07) is 1.67. The number of nitrogens with two attached hydrogens (primary N) is 1. The van der Waals surface area contributed by atoms with E-state index in [2.05, 4.69) is 9.47 Å². The largest absolute Gasteiger partial charge is 0.573 e. The number of carbonyl (C=O) groups excluding carboxylic acids is 1. The van der Waals surface area contributed by atoms with Gasteiger partial charge < -0.3 is 15.2 Å². The molecule has 0 amide bonds. The number of anilines is 1. The van der Waals surface area contributed by atoms with Crippen molar-refractivity contribution in [3.63, 3.8) is 0 Å². The summed E-state index contributed by atoms with van der Waals surface area (Å²) in [7, 11) is 1.06. The van der Waals surface area contributed by atoms with Gasteiger partial charge in [0, 0.05) is 6.07 Å². The van der Waals surface area contributed by atoms with Crippen molar-refractivity contribution < 1.29 is 27.4 Å². The molecule has 2 N–H and O–H groups in total. The highest BCUT2D eigenvalue weighted by molar-refractivity contribution is 6.36. The molecule has 0 saturated heterocycles. The molecular weight excluding hydrogens is 263 g/mol. The number of hydrogen-bond acceptors (Lipinski definition) is 4. The lowest BCUT2D eigenvalue weighted by Gasteiger charge is -2.12. The van der Waals surface area contributed by atoms with Crippen LogP contribution in [0.3, 0.4) is 0 Å². The number of nitrogen functional groups attached to an aromatic ring is 1. The van der Waals surface area contributed by atoms with Crippen molar-refractivity contribution in [1.82, 2.24) is 0 Å². The lowest BCUT2D eigenvalue weighted by molar-refractivity contribution is -0.274. The van der Waals surface area contributed by atoms with Crippen LogP contribution in [0.25, 0.3) is 0 Å². The van der Waals surface area contributed by atoms with Crippen molar-refractivity contribution in [2.45, 2.75) is 6.36 Å². The Morgan fingerprint density at radius 3 is 2.47 bits per heavy atom. The Hall–Kier alpha value is -1.63. The molecule has 0 heterocycles. The summed E-state index contributed by atoms with van der Waals surface area (Å²) in [6.45, 7) is 0. The number of alkyl halides is 3. The number of ether oxygens (including phenoxy) is 2. The van der Waals surface area contributed by atoms with Crippen LogP contribution in [0.5, 0.6) is 5.75 Å². The standard InChI is InChI=1S/C9H7ClF3NO3/c1-16-8(15)5-2-4(17-9(11,12)13)3-6(14)7(5)10/h2-3H,14H2,1H3. The first-order chi connectivity index (χ1) is 7.74. The Bertz CT molecular complexity index is 448. The molecule has 4 nitrogen and oxygen atoms in total. The fourth-order valence-electron chi connectivity index (χ4n) is 1.07. The molecule has 94 valence electrons. The summed E-state index contributed by atoms with van der Waals surface area (Å²) in [4.78, 5) is 11.2. The summed E-state index contributed by atoms with van der Waals surface area (Å²) < 4.78 is 43.9. The normalized spacial score (nSPS) is 11.1. The van der Waals surface area contributed by atoms with Gasteiger partial charge in [-0.15, -0.1) is 13.2 Å². The third-order valence-corrected chi connectivity index (χ3v) is 2.13. The molecule has 0 radical (unpaired) electrons. The van der Waals surface area contributed by atoms with E-state index in [1.807, 2.05) is 0 Å². The Kier molecular flexibility index (Phi) is 3.72. The van der Waals surface area contributed by atoms with Gasteiger partial charge in [-0.3, -0.25) is 0 Å². The van der Waals surface area contributed by atoms with E-state index in [4.69, 9.17) is 17.3 Å². The predicted molar refractivity (Wildman–Crippen MR) is 53.9 cm³/mol. The second-order valence-electron chi connectivity index (χ2n) is 2.91. The fourth-order valence-corrected chi connectivity index (χ4v) is 1.26. The van der Waals surface area contributed by atoms with Crippen LogP contribution in [0, 0.1) is 0 Å². The molecular formula is C9H7ClF3NO3. The molecule has 0 aliphatic heterocycles. The van der Waals surface area contributed by atoms with E-state index in [-0.39, 0.29) is 16.3 Å². The van der Waals surface area contributed by atoms with Gasteiger partial charge in [0.1, 0.15) is 5.75 Å². The first-order valence-electron chi connectivity index (χ1n) is 4.17. The highest BCUT2D eigenvalue weighted by Gasteiger charge is 2.32. The van der Waals surface area contributed by atoms with E-state index < -0.39 is 18.1 Å². The minimum Gasteiger partial charge on any atom is -0.465 e. The minimum atomic E-state index is -4.88. The van der Waals surface area contributed by atoms with Crippen LogP contribution in [0.4, 0.5) is 18.9 Å². The SMILES string of the molecule is COC(=O)c1cc(OC(F)(F)F)cc(N)c1Cl. The van der Waals surface area contributed by atoms with Crippen molar-refractivity contribution in [1.29, 1.82) is 0 Å². The average molecular weight is 270 g/mol. The van der Waals surface area contributed by atoms with Gasteiger partial charge in [-0.05, 0) is 6.07 Å². The summed E-state index contributed by atoms with van der Waals surface area (Å²) >= 11 is 5.65. The minimum absolute atomic E-state index is 0.189. The summed E-state index contributed by atoms with van der Waals surface area (Å²) in [6.07, 6.45) is -4.88. The lowest BCUT2D eigenvalue weighted by atomic mass is 10.2. The van der Waals surface area contributed by atoms with Crippen molar-refractivity contribution >= 4 is 23.3 Å². The Labute approximate surface area is 99.1 Å². The number of methoxy groups -OCH3 is 1. The Balaban J connectivity index is 3.19. The number of hydrogen-bond donors (Lipinski definition) is 1. The van der Waals surface area contributed by atoms with E-state index in [9.17, 15) is 18.0 Å². The van der Waals surface area contributed by atoms with Gasteiger partial charge in [0.05, 0.1) is 23.4 Å². The molecule has 0 spiro atoms. The lowest BCUT2D eigenvalue weighted by Crippen LogP contribution is -2.18. The number of carbonyl (C=O) groups is 1. The third kappa shape index (κ3) is 3.42. The van der Waals surface area contributed by atoms with E-state index in [1.165, 1.54) is 0 Å². The summed E-state index contributed by atoms with van der Waals surface area (Å²) in [5, 5.41) is -0.189. The smallest absolute Gasteiger partial charge is 0.465 e. The Morgan fingerprint density at radius 1 is 1.41 bits per heavy atom. The number of esters is 1. The molecule has 0 bridgehead atoms. The molecule has 0 atom stereocenters. The van der Waals surface area contributed by atoms with E-state index in [1.54, 1.807) is 0 Å². The average Bonchev–Trinajstić information content (AvgIpc) is 2.19. The van der Waals surface area contributed by atoms with Crippen LogP contribution in [0.1, 0.15) is 10.4 Å². The van der Waals surface area contributed by atoms with Crippen LogP contribution in [-0.2, 0) is 4.74 Å². The van der Waals surface area contributed by atoms with Crippen LogP contribution in [0.15, 0.2) is 12.1 Å². The van der Waals surface area contributed by atoms with Gasteiger partial charge in [-0.2, -0.15) is 0 Å². The highest BCUT2D eigenvalue weighted by Crippen LogP contribution is 2.32. The van der Waals surface area contributed by atoms with Gasteiger partial charge in [0.25, 0.3) is 0 Å². The quantitative estimate of drug-likeness (QED) is 0.662. The third-order valence-electron chi connectivity index (χ3n) is 1.71. The molecule has 0 saturated carbocycles. The molecule has 0 aliphatic carbocycles. The number of benzene rings is 1. The predicted octanol–water partition coefficient (Wildman–Crippen LogP) is 2.61. The van der Waals surface area contributed by atoms with Gasteiger partial charge in [-0.1, -0.05) is 11.6 Å². The Morgan fingerprint density at radius 2 is 2.00 bits per heavy atom. The van der Waals surface area contributed by atoms with Crippen molar-refractivity contribution in [3.8, 4) is 5.75 Å². The second kappa shape index (κ2) is 4.70. The van der Waals surface area contributed by atoms with Gasteiger partial charge in [0.15, 0.2) is 0 Å². The monoisotopic (exact) mass is 269 g/mol. The zero-order chi connectivity index (χ0) is 13.2. The fraction of sp³-hybridized carbons (Fsp3) is 0.222. The van der Waals surface area contributed by atoms with Crippen LogP contribution in [-0.4, -0.2) is 19.4 Å². The summed E-state index contributed by atoms with van der Waals surface area (Å²) in [5.41, 5.74) is 4.83. The summed E-state index contributed by atoms with van der Waals surface area (Å²) in [5.74, 6) is -1.55. The molecule has 0 fully saturated rings. The molecule has 17 heavy (non-hydrogen) atoms. The maximum absolute atomic E-state index is 12.0. The zero-order valence-electron chi connectivity index (χ0n) is 8.47. The molecule has 0 unspecified atom stereocenters. The van der Waals surface area contributed by atoms with E-state index in [0.717, 1.165) is 19.2 Å². The van der Waals surface area contributed by atoms with Crippen molar-refractivity contribution in [2.24, 2.45) is 0 Å².